The van der Waals surface area contributed by atoms with Gasteiger partial charge in [-0.2, -0.15) is 8.42 Å². The Kier molecular flexibility index (Phi) is 5.09. The van der Waals surface area contributed by atoms with E-state index >= 15 is 0 Å². The van der Waals surface area contributed by atoms with Crippen molar-refractivity contribution in [3.63, 3.8) is 0 Å². The van der Waals surface area contributed by atoms with Crippen molar-refractivity contribution in [2.75, 3.05) is 0 Å². The van der Waals surface area contributed by atoms with E-state index in [1.807, 2.05) is 46.8 Å². The predicted molar refractivity (Wildman–Crippen MR) is 98.5 cm³/mol. The summed E-state index contributed by atoms with van der Waals surface area (Å²) < 4.78 is 31.2. The van der Waals surface area contributed by atoms with E-state index in [9.17, 15) is 8.42 Å². The number of hydrogen-bond acceptors (Lipinski definition) is 3. The van der Waals surface area contributed by atoms with Crippen LogP contribution in [0.4, 0.5) is 0 Å². The standard InChI is InChI=1S/C20H26O3S/c1-12(2)19-9-8-18(11-15(19)5)23-24(21,22)20-16(6)13(3)10-14(4)17(20)7/h8-12H,1-7H3. The van der Waals surface area contributed by atoms with Crippen LogP contribution in [-0.2, 0) is 10.1 Å². The van der Waals surface area contributed by atoms with Gasteiger partial charge in [0.25, 0.3) is 0 Å². The van der Waals surface area contributed by atoms with Gasteiger partial charge in [0.1, 0.15) is 10.6 Å². The molecule has 0 saturated carbocycles. The molecule has 0 bridgehead atoms. The lowest BCUT2D eigenvalue weighted by Gasteiger charge is -2.17. The van der Waals surface area contributed by atoms with E-state index in [1.165, 1.54) is 5.56 Å². The first-order valence-corrected chi connectivity index (χ1v) is 9.58. The minimum Gasteiger partial charge on any atom is -0.379 e. The van der Waals surface area contributed by atoms with Crippen LogP contribution in [-0.4, -0.2) is 8.42 Å². The van der Waals surface area contributed by atoms with E-state index in [0.717, 1.165) is 27.8 Å². The van der Waals surface area contributed by atoms with Crippen molar-refractivity contribution < 1.29 is 12.6 Å². The monoisotopic (exact) mass is 346 g/mol. The summed E-state index contributed by atoms with van der Waals surface area (Å²) in [6.07, 6.45) is 0. The lowest BCUT2D eigenvalue weighted by Crippen LogP contribution is -2.14. The van der Waals surface area contributed by atoms with Gasteiger partial charge in [-0.05, 0) is 86.1 Å². The molecule has 3 nitrogen and oxygen atoms in total. The molecule has 2 aromatic carbocycles. The Morgan fingerprint density at radius 3 is 1.83 bits per heavy atom. The smallest absolute Gasteiger partial charge is 0.339 e. The highest BCUT2D eigenvalue weighted by atomic mass is 32.2. The van der Waals surface area contributed by atoms with Crippen molar-refractivity contribution in [3.05, 3.63) is 57.6 Å². The average molecular weight is 346 g/mol. The third kappa shape index (κ3) is 3.48. The Bertz CT molecular complexity index is 852. The van der Waals surface area contributed by atoms with Crippen LogP contribution in [0.5, 0.6) is 5.75 Å². The van der Waals surface area contributed by atoms with Gasteiger partial charge in [-0.3, -0.25) is 0 Å². The summed E-state index contributed by atoms with van der Waals surface area (Å²) in [5, 5.41) is 0. The van der Waals surface area contributed by atoms with Gasteiger partial charge in [0.05, 0.1) is 0 Å². The Labute approximate surface area is 145 Å². The highest BCUT2D eigenvalue weighted by Gasteiger charge is 2.24. The number of rotatable bonds is 4. The molecule has 130 valence electrons. The molecule has 2 rings (SSSR count). The van der Waals surface area contributed by atoms with Crippen LogP contribution in [0, 0.1) is 34.6 Å². The van der Waals surface area contributed by atoms with Gasteiger partial charge in [0.15, 0.2) is 0 Å². The summed E-state index contributed by atoms with van der Waals surface area (Å²) in [6.45, 7) is 13.7. The van der Waals surface area contributed by atoms with Crippen LogP contribution in [0.2, 0.25) is 0 Å². The molecule has 0 atom stereocenters. The molecule has 0 unspecified atom stereocenters. The predicted octanol–water partition coefficient (Wildman–Crippen LogP) is 5.12. The first kappa shape index (κ1) is 18.5. The van der Waals surface area contributed by atoms with Crippen LogP contribution >= 0.6 is 0 Å². The minimum atomic E-state index is -3.87. The van der Waals surface area contributed by atoms with Crippen molar-refractivity contribution in [2.24, 2.45) is 0 Å². The molecule has 0 fully saturated rings. The van der Waals surface area contributed by atoms with Crippen LogP contribution < -0.4 is 4.18 Å². The quantitative estimate of drug-likeness (QED) is 0.722. The van der Waals surface area contributed by atoms with Gasteiger partial charge < -0.3 is 4.18 Å². The van der Waals surface area contributed by atoms with Crippen molar-refractivity contribution in [1.29, 1.82) is 0 Å². The summed E-state index contributed by atoms with van der Waals surface area (Å²) in [4.78, 5) is 0.283. The van der Waals surface area contributed by atoms with E-state index in [0.29, 0.717) is 11.7 Å². The van der Waals surface area contributed by atoms with Crippen LogP contribution in [0.15, 0.2) is 29.2 Å². The summed E-state index contributed by atoms with van der Waals surface area (Å²) in [7, 11) is -3.87. The Balaban J connectivity index is 2.49. The van der Waals surface area contributed by atoms with Gasteiger partial charge >= 0.3 is 10.1 Å². The highest BCUT2D eigenvalue weighted by molar-refractivity contribution is 7.87. The minimum absolute atomic E-state index is 0.283. The molecular formula is C20H26O3S. The molecule has 2 aromatic rings. The summed E-state index contributed by atoms with van der Waals surface area (Å²) in [5.74, 6) is 0.745. The van der Waals surface area contributed by atoms with Gasteiger partial charge in [-0.25, -0.2) is 0 Å². The first-order valence-electron chi connectivity index (χ1n) is 8.17. The molecule has 0 saturated heterocycles. The normalized spacial score (nSPS) is 11.8. The van der Waals surface area contributed by atoms with E-state index in [1.54, 1.807) is 12.1 Å². The van der Waals surface area contributed by atoms with Crippen LogP contribution in [0.25, 0.3) is 0 Å². The summed E-state index contributed by atoms with van der Waals surface area (Å²) in [6, 6.07) is 7.46. The number of hydrogen-bond donors (Lipinski definition) is 0. The second-order valence-corrected chi connectivity index (χ2v) is 8.28. The van der Waals surface area contributed by atoms with Crippen molar-refractivity contribution in [3.8, 4) is 5.75 Å². The summed E-state index contributed by atoms with van der Waals surface area (Å²) in [5.41, 5.74) is 5.62. The molecule has 0 aromatic heterocycles. The molecule has 0 amide bonds. The second kappa shape index (κ2) is 6.60. The molecule has 0 N–H and O–H groups in total. The molecular weight excluding hydrogens is 320 g/mol. The highest BCUT2D eigenvalue weighted by Crippen LogP contribution is 2.30. The topological polar surface area (TPSA) is 43.4 Å². The zero-order valence-electron chi connectivity index (χ0n) is 15.5. The van der Waals surface area contributed by atoms with E-state index in [-0.39, 0.29) is 4.90 Å². The number of benzene rings is 2. The Morgan fingerprint density at radius 1 is 0.833 bits per heavy atom. The lowest BCUT2D eigenvalue weighted by atomic mass is 9.98. The van der Waals surface area contributed by atoms with Crippen LogP contribution in [0.3, 0.4) is 0 Å². The maximum atomic E-state index is 12.9. The summed E-state index contributed by atoms with van der Waals surface area (Å²) >= 11 is 0. The van der Waals surface area contributed by atoms with Gasteiger partial charge in [0, 0.05) is 0 Å². The largest absolute Gasteiger partial charge is 0.379 e. The van der Waals surface area contributed by atoms with E-state index < -0.39 is 10.1 Å². The van der Waals surface area contributed by atoms with Crippen molar-refractivity contribution >= 4 is 10.1 Å². The number of aryl methyl sites for hydroxylation is 3. The Morgan fingerprint density at radius 2 is 1.38 bits per heavy atom. The zero-order chi connectivity index (χ0) is 18.2. The second-order valence-electron chi connectivity index (χ2n) is 6.80. The third-order valence-electron chi connectivity index (χ3n) is 4.62. The maximum absolute atomic E-state index is 12.9. The van der Waals surface area contributed by atoms with Gasteiger partial charge in [-0.15, -0.1) is 0 Å². The van der Waals surface area contributed by atoms with Gasteiger partial charge in [-0.1, -0.05) is 26.0 Å². The molecule has 0 aliphatic rings. The molecule has 0 heterocycles. The molecule has 0 radical (unpaired) electrons. The van der Waals surface area contributed by atoms with E-state index in [2.05, 4.69) is 13.8 Å². The Hall–Kier alpha value is -1.81. The van der Waals surface area contributed by atoms with E-state index in [4.69, 9.17) is 4.18 Å². The fourth-order valence-electron chi connectivity index (χ4n) is 3.07. The maximum Gasteiger partial charge on any atom is 0.339 e. The van der Waals surface area contributed by atoms with Crippen LogP contribution in [0.1, 0.15) is 53.1 Å². The first-order chi connectivity index (χ1) is 11.0. The third-order valence-corrected chi connectivity index (χ3v) is 6.14. The SMILES string of the molecule is Cc1cc(OS(=O)(=O)c2c(C)c(C)cc(C)c2C)ccc1C(C)C. The fraction of sp³-hybridized carbons (Fsp3) is 0.400. The van der Waals surface area contributed by atoms with Crippen molar-refractivity contribution in [1.82, 2.24) is 0 Å². The molecule has 0 aliphatic carbocycles. The van der Waals surface area contributed by atoms with Gasteiger partial charge in [0.2, 0.25) is 0 Å². The fourth-order valence-corrected chi connectivity index (χ4v) is 4.58. The molecule has 0 aliphatic heterocycles. The lowest BCUT2D eigenvalue weighted by molar-refractivity contribution is 0.484. The molecule has 0 spiro atoms. The zero-order valence-corrected chi connectivity index (χ0v) is 16.3. The molecule has 4 heteroatoms. The van der Waals surface area contributed by atoms with Crippen molar-refractivity contribution in [2.45, 2.75) is 59.3 Å². The average Bonchev–Trinajstić information content (AvgIpc) is 2.44. The molecule has 24 heavy (non-hydrogen) atoms.